The molecule has 0 aliphatic rings. The third-order valence-corrected chi connectivity index (χ3v) is 5.93. The first kappa shape index (κ1) is 19.5. The zero-order valence-electron chi connectivity index (χ0n) is 16.3. The third-order valence-electron chi connectivity index (χ3n) is 4.91. The van der Waals surface area contributed by atoms with Crippen molar-refractivity contribution in [3.05, 3.63) is 64.0 Å². The first-order chi connectivity index (χ1) is 14.1. The normalized spacial score (nSPS) is 11.5. The average molecular weight is 410 g/mol. The van der Waals surface area contributed by atoms with Crippen LogP contribution in [0.2, 0.25) is 0 Å². The minimum absolute atomic E-state index is 0.148. The van der Waals surface area contributed by atoms with Crippen LogP contribution in [0, 0.1) is 0 Å². The number of para-hydroxylation sites is 2. The number of rotatable bonds is 7. The first-order valence-electron chi connectivity index (χ1n) is 9.46. The molecule has 4 aromatic rings. The minimum atomic E-state index is -0.426. The van der Waals surface area contributed by atoms with E-state index in [1.807, 2.05) is 37.3 Å². The van der Waals surface area contributed by atoms with Crippen molar-refractivity contribution in [3.8, 4) is 5.75 Å². The van der Waals surface area contributed by atoms with Crippen LogP contribution in [0.5, 0.6) is 5.75 Å². The molecule has 29 heavy (non-hydrogen) atoms. The van der Waals surface area contributed by atoms with Crippen LogP contribution in [-0.4, -0.2) is 28.4 Å². The van der Waals surface area contributed by atoms with Gasteiger partial charge in [0.2, 0.25) is 0 Å². The van der Waals surface area contributed by atoms with Gasteiger partial charge in [-0.15, -0.1) is 0 Å². The van der Waals surface area contributed by atoms with Gasteiger partial charge in [0.25, 0.3) is 0 Å². The Kier molecular flexibility index (Phi) is 5.60. The number of hydrogen-bond donors (Lipinski definition) is 1. The van der Waals surface area contributed by atoms with Gasteiger partial charge in [-0.25, -0.2) is 9.78 Å². The maximum absolute atomic E-state index is 12.0. The third kappa shape index (κ3) is 3.88. The van der Waals surface area contributed by atoms with Gasteiger partial charge in [-0.05, 0) is 35.7 Å². The number of phenols is 1. The number of ether oxygens (including phenoxy) is 1. The van der Waals surface area contributed by atoms with Gasteiger partial charge in [-0.2, -0.15) is 0 Å². The molecule has 4 rings (SSSR count). The Morgan fingerprint density at radius 1 is 1.21 bits per heavy atom. The molecule has 0 aliphatic carbocycles. The number of fused-ring (bicyclic) bond motifs is 2. The van der Waals surface area contributed by atoms with Gasteiger partial charge < -0.3 is 18.8 Å². The Bertz CT molecular complexity index is 1230. The predicted molar refractivity (Wildman–Crippen MR) is 115 cm³/mol. The first-order valence-corrected chi connectivity index (χ1v) is 10.4. The number of phenolic OH excluding ortho intramolecular Hbond substituents is 1. The SMILES string of the molecule is CCc1cc2c(CSc3nc4ccccc4n3CCOC)cc(=O)oc2cc1O. The van der Waals surface area contributed by atoms with Crippen LogP contribution in [0.1, 0.15) is 18.1 Å². The highest BCUT2D eigenvalue weighted by Crippen LogP contribution is 2.31. The molecule has 0 bridgehead atoms. The van der Waals surface area contributed by atoms with Crippen molar-refractivity contribution in [3.63, 3.8) is 0 Å². The number of methoxy groups -OCH3 is 1. The van der Waals surface area contributed by atoms with Gasteiger partial charge in [0, 0.05) is 36.9 Å². The lowest BCUT2D eigenvalue weighted by Crippen LogP contribution is -2.06. The second-order valence-electron chi connectivity index (χ2n) is 6.74. The number of nitrogens with zero attached hydrogens (tertiary/aromatic N) is 2. The fraction of sp³-hybridized carbons (Fsp3) is 0.273. The van der Waals surface area contributed by atoms with Crippen molar-refractivity contribution < 1.29 is 14.3 Å². The van der Waals surface area contributed by atoms with Gasteiger partial charge >= 0.3 is 5.63 Å². The van der Waals surface area contributed by atoms with E-state index < -0.39 is 5.63 Å². The van der Waals surface area contributed by atoms with Gasteiger partial charge in [0.1, 0.15) is 11.3 Å². The number of imidazole rings is 1. The van der Waals surface area contributed by atoms with Crippen LogP contribution in [0.25, 0.3) is 22.0 Å². The van der Waals surface area contributed by atoms with Crippen molar-refractivity contribution in [1.29, 1.82) is 0 Å². The second kappa shape index (κ2) is 8.31. The summed E-state index contributed by atoms with van der Waals surface area (Å²) >= 11 is 1.57. The van der Waals surface area contributed by atoms with Crippen LogP contribution in [-0.2, 0) is 23.5 Å². The number of aromatic nitrogens is 2. The smallest absolute Gasteiger partial charge is 0.336 e. The maximum Gasteiger partial charge on any atom is 0.336 e. The van der Waals surface area contributed by atoms with E-state index in [1.54, 1.807) is 18.9 Å². The molecule has 1 N–H and O–H groups in total. The Morgan fingerprint density at radius 2 is 2.03 bits per heavy atom. The van der Waals surface area contributed by atoms with Crippen LogP contribution in [0.15, 0.2) is 56.8 Å². The molecule has 2 aromatic heterocycles. The van der Waals surface area contributed by atoms with E-state index in [4.69, 9.17) is 14.1 Å². The standard InChI is InChI=1S/C22H22N2O4S/c1-3-14-10-16-15(11-21(26)28-20(16)12-19(14)25)13-29-22-23-17-6-4-5-7-18(17)24(22)8-9-27-2/h4-7,10-12,25H,3,8-9,13H2,1-2H3. The van der Waals surface area contributed by atoms with E-state index in [0.29, 0.717) is 30.9 Å². The molecule has 0 saturated heterocycles. The fourth-order valence-corrected chi connectivity index (χ4v) is 4.45. The van der Waals surface area contributed by atoms with E-state index in [2.05, 4.69) is 4.57 Å². The Labute approximate surface area is 172 Å². The second-order valence-corrected chi connectivity index (χ2v) is 7.68. The van der Waals surface area contributed by atoms with E-state index in [-0.39, 0.29) is 5.75 Å². The molecule has 2 heterocycles. The highest BCUT2D eigenvalue weighted by Gasteiger charge is 2.14. The highest BCUT2D eigenvalue weighted by molar-refractivity contribution is 7.98. The molecule has 0 fully saturated rings. The number of aromatic hydroxyl groups is 1. The fourth-order valence-electron chi connectivity index (χ4n) is 3.41. The van der Waals surface area contributed by atoms with Gasteiger partial charge in [0.15, 0.2) is 5.16 Å². The number of benzene rings is 2. The van der Waals surface area contributed by atoms with E-state index in [1.165, 1.54) is 12.1 Å². The molecule has 0 radical (unpaired) electrons. The van der Waals surface area contributed by atoms with E-state index in [9.17, 15) is 9.90 Å². The predicted octanol–water partition coefficient (Wildman–Crippen LogP) is 4.35. The minimum Gasteiger partial charge on any atom is -0.508 e. The molecule has 6 nitrogen and oxygen atoms in total. The molecule has 0 spiro atoms. The molecular formula is C22H22N2O4S. The van der Waals surface area contributed by atoms with Crippen LogP contribution < -0.4 is 5.63 Å². The summed E-state index contributed by atoms with van der Waals surface area (Å²) in [4.78, 5) is 16.8. The lowest BCUT2D eigenvalue weighted by molar-refractivity contribution is 0.186. The van der Waals surface area contributed by atoms with Crippen LogP contribution in [0.3, 0.4) is 0 Å². The lowest BCUT2D eigenvalue weighted by Gasteiger charge is -2.10. The zero-order valence-corrected chi connectivity index (χ0v) is 17.2. The summed E-state index contributed by atoms with van der Waals surface area (Å²) in [5, 5.41) is 11.8. The van der Waals surface area contributed by atoms with E-state index in [0.717, 1.165) is 32.7 Å². The molecule has 0 saturated carbocycles. The van der Waals surface area contributed by atoms with Gasteiger partial charge in [-0.1, -0.05) is 30.8 Å². The van der Waals surface area contributed by atoms with E-state index >= 15 is 0 Å². The van der Waals surface area contributed by atoms with Crippen molar-refractivity contribution in [1.82, 2.24) is 9.55 Å². The highest BCUT2D eigenvalue weighted by atomic mass is 32.2. The molecular weight excluding hydrogens is 388 g/mol. The Balaban J connectivity index is 1.72. The molecule has 0 aliphatic heterocycles. The number of hydrogen-bond acceptors (Lipinski definition) is 6. The van der Waals surface area contributed by atoms with Gasteiger partial charge in [0.05, 0.1) is 17.6 Å². The lowest BCUT2D eigenvalue weighted by atomic mass is 10.1. The maximum atomic E-state index is 12.0. The summed E-state index contributed by atoms with van der Waals surface area (Å²) < 4.78 is 12.7. The largest absolute Gasteiger partial charge is 0.508 e. The summed E-state index contributed by atoms with van der Waals surface area (Å²) in [5.41, 5.74) is 3.65. The monoisotopic (exact) mass is 410 g/mol. The molecule has 7 heteroatoms. The number of thioether (sulfide) groups is 1. The van der Waals surface area contributed by atoms with Crippen LogP contribution >= 0.6 is 11.8 Å². The topological polar surface area (TPSA) is 77.5 Å². The molecule has 2 aromatic carbocycles. The van der Waals surface area contributed by atoms with Crippen molar-refractivity contribution >= 4 is 33.8 Å². The number of aryl methyl sites for hydroxylation is 1. The van der Waals surface area contributed by atoms with Crippen molar-refractivity contribution in [2.45, 2.75) is 30.8 Å². The average Bonchev–Trinajstić information content (AvgIpc) is 3.07. The van der Waals surface area contributed by atoms with Crippen LogP contribution in [0.4, 0.5) is 0 Å². The molecule has 150 valence electrons. The summed E-state index contributed by atoms with van der Waals surface area (Å²) in [5.74, 6) is 0.709. The van der Waals surface area contributed by atoms with Gasteiger partial charge in [-0.3, -0.25) is 0 Å². The molecule has 0 amide bonds. The van der Waals surface area contributed by atoms with Crippen molar-refractivity contribution in [2.24, 2.45) is 0 Å². The quantitative estimate of drug-likeness (QED) is 0.361. The summed E-state index contributed by atoms with van der Waals surface area (Å²) in [6.07, 6.45) is 0.695. The molecule has 0 atom stereocenters. The Hall–Kier alpha value is -2.77. The van der Waals surface area contributed by atoms with Crippen molar-refractivity contribution in [2.75, 3.05) is 13.7 Å². The zero-order chi connectivity index (χ0) is 20.4. The summed E-state index contributed by atoms with van der Waals surface area (Å²) in [7, 11) is 1.68. The summed E-state index contributed by atoms with van der Waals surface area (Å²) in [6.45, 7) is 3.27. The summed E-state index contributed by atoms with van der Waals surface area (Å²) in [6, 6.07) is 13.0. The molecule has 0 unspecified atom stereocenters. The Morgan fingerprint density at radius 3 is 2.83 bits per heavy atom.